The molecular formula is C24H27ClN4OS. The molecule has 0 aliphatic carbocycles. The van der Waals surface area contributed by atoms with Gasteiger partial charge in [-0.15, -0.1) is 11.8 Å². The summed E-state index contributed by atoms with van der Waals surface area (Å²) in [6.07, 6.45) is 1.44. The van der Waals surface area contributed by atoms with Gasteiger partial charge in [0.2, 0.25) is 0 Å². The van der Waals surface area contributed by atoms with Crippen molar-refractivity contribution in [2.45, 2.75) is 39.3 Å². The molecule has 2 amide bonds. The Bertz CT molecular complexity index is 1040. The average molecular weight is 455 g/mol. The Kier molecular flexibility index (Phi) is 6.39. The Labute approximate surface area is 193 Å². The number of piperidine rings is 1. The van der Waals surface area contributed by atoms with Crippen LogP contribution in [0.15, 0.2) is 52.4 Å². The van der Waals surface area contributed by atoms with Gasteiger partial charge < -0.3 is 10.2 Å². The molecule has 1 spiro atoms. The number of thioether (sulfide) groups is 1. The molecule has 1 saturated heterocycles. The molecular weight excluding hydrogens is 428 g/mol. The molecule has 5 nitrogen and oxygen atoms in total. The van der Waals surface area contributed by atoms with E-state index in [1.54, 1.807) is 11.8 Å². The van der Waals surface area contributed by atoms with Crippen LogP contribution in [0.3, 0.4) is 0 Å². The summed E-state index contributed by atoms with van der Waals surface area (Å²) in [6, 6.07) is 13.9. The van der Waals surface area contributed by atoms with Crippen LogP contribution in [0, 0.1) is 13.8 Å². The molecule has 0 aromatic heterocycles. The highest BCUT2D eigenvalue weighted by Crippen LogP contribution is 2.36. The summed E-state index contributed by atoms with van der Waals surface area (Å²) in [6.45, 7) is 7.36. The summed E-state index contributed by atoms with van der Waals surface area (Å²) in [5.74, 6) is 0.952. The fourth-order valence-electron chi connectivity index (χ4n) is 3.89. The number of benzene rings is 2. The van der Waals surface area contributed by atoms with E-state index in [0.29, 0.717) is 18.1 Å². The monoisotopic (exact) mass is 454 g/mol. The third-order valence-corrected chi connectivity index (χ3v) is 7.06. The number of likely N-dealkylation sites (tertiary alicyclic amines) is 1. The fraction of sp³-hybridized carbons (Fsp3) is 0.375. The van der Waals surface area contributed by atoms with Crippen LogP contribution in [0.5, 0.6) is 0 Å². The minimum atomic E-state index is -0.458. The SMILES string of the molecule is CCSC1=NC2(CCN(C(=O)Nc3cccc(Cl)c3C)CC2)N=C1c1ccc(C)cc1. The molecule has 0 atom stereocenters. The molecule has 31 heavy (non-hydrogen) atoms. The van der Waals surface area contributed by atoms with Gasteiger partial charge in [-0.05, 0) is 37.3 Å². The summed E-state index contributed by atoms with van der Waals surface area (Å²) in [7, 11) is 0. The van der Waals surface area contributed by atoms with Gasteiger partial charge in [-0.2, -0.15) is 0 Å². The highest BCUT2D eigenvalue weighted by Gasteiger charge is 2.40. The lowest BCUT2D eigenvalue weighted by molar-refractivity contribution is 0.175. The molecule has 0 bridgehead atoms. The first-order chi connectivity index (χ1) is 14.9. The minimum Gasteiger partial charge on any atom is -0.324 e. The average Bonchev–Trinajstić information content (AvgIpc) is 3.10. The van der Waals surface area contributed by atoms with Gasteiger partial charge in [-0.25, -0.2) is 9.79 Å². The highest BCUT2D eigenvalue weighted by atomic mass is 35.5. The number of hydrogen-bond acceptors (Lipinski definition) is 4. The smallest absolute Gasteiger partial charge is 0.321 e. The Morgan fingerprint density at radius 1 is 1.13 bits per heavy atom. The lowest BCUT2D eigenvalue weighted by Crippen LogP contribution is -2.46. The summed E-state index contributed by atoms with van der Waals surface area (Å²) in [4.78, 5) is 24.8. The lowest BCUT2D eigenvalue weighted by Gasteiger charge is -2.35. The van der Waals surface area contributed by atoms with E-state index in [9.17, 15) is 4.79 Å². The number of aryl methyl sites for hydroxylation is 1. The largest absolute Gasteiger partial charge is 0.324 e. The van der Waals surface area contributed by atoms with Crippen LogP contribution in [-0.2, 0) is 0 Å². The van der Waals surface area contributed by atoms with Gasteiger partial charge in [-0.3, -0.25) is 4.99 Å². The molecule has 0 radical (unpaired) electrons. The molecule has 2 aromatic carbocycles. The number of aliphatic imine (C=N–C) groups is 2. The Morgan fingerprint density at radius 2 is 1.84 bits per heavy atom. The Morgan fingerprint density at radius 3 is 2.52 bits per heavy atom. The van der Waals surface area contributed by atoms with Crippen molar-refractivity contribution in [3.05, 3.63) is 64.2 Å². The number of rotatable bonds is 3. The van der Waals surface area contributed by atoms with Crippen molar-refractivity contribution in [2.75, 3.05) is 24.2 Å². The number of halogens is 1. The van der Waals surface area contributed by atoms with E-state index in [4.69, 9.17) is 21.6 Å². The van der Waals surface area contributed by atoms with Crippen molar-refractivity contribution in [2.24, 2.45) is 9.98 Å². The van der Waals surface area contributed by atoms with Gasteiger partial charge in [0.15, 0.2) is 5.66 Å². The predicted molar refractivity (Wildman–Crippen MR) is 132 cm³/mol. The number of urea groups is 1. The van der Waals surface area contributed by atoms with Crippen molar-refractivity contribution in [3.8, 4) is 0 Å². The number of anilines is 1. The molecule has 162 valence electrons. The molecule has 2 aliphatic heterocycles. The molecule has 4 rings (SSSR count). The summed E-state index contributed by atoms with van der Waals surface area (Å²) in [5, 5.41) is 4.66. The first-order valence-corrected chi connectivity index (χ1v) is 12.0. The zero-order valence-corrected chi connectivity index (χ0v) is 19.7. The normalized spacial score (nSPS) is 17.5. The number of hydrogen-bond donors (Lipinski definition) is 1. The van der Waals surface area contributed by atoms with E-state index in [-0.39, 0.29) is 6.03 Å². The first kappa shape index (κ1) is 21.9. The maximum atomic E-state index is 12.8. The zero-order chi connectivity index (χ0) is 22.0. The number of nitrogens with one attached hydrogen (secondary N) is 1. The molecule has 2 heterocycles. The second kappa shape index (κ2) is 9.05. The number of nitrogens with zero attached hydrogens (tertiary/aromatic N) is 3. The molecule has 1 fully saturated rings. The van der Waals surface area contributed by atoms with Crippen LogP contribution < -0.4 is 5.32 Å². The van der Waals surface area contributed by atoms with Crippen LogP contribution in [0.25, 0.3) is 0 Å². The van der Waals surface area contributed by atoms with Crippen molar-refractivity contribution >= 4 is 45.8 Å². The van der Waals surface area contributed by atoms with E-state index >= 15 is 0 Å². The van der Waals surface area contributed by atoms with Gasteiger partial charge in [0, 0.05) is 42.2 Å². The number of carbonyl (C=O) groups excluding carboxylic acids is 1. The predicted octanol–water partition coefficient (Wildman–Crippen LogP) is 5.94. The van der Waals surface area contributed by atoms with E-state index in [1.165, 1.54) is 5.56 Å². The summed E-state index contributed by atoms with van der Waals surface area (Å²) >= 11 is 7.92. The van der Waals surface area contributed by atoms with Crippen molar-refractivity contribution in [1.82, 2.24) is 4.90 Å². The van der Waals surface area contributed by atoms with E-state index in [0.717, 1.165) is 46.2 Å². The van der Waals surface area contributed by atoms with E-state index in [1.807, 2.05) is 30.0 Å². The first-order valence-electron chi connectivity index (χ1n) is 10.6. The van der Waals surface area contributed by atoms with Gasteiger partial charge >= 0.3 is 6.03 Å². The van der Waals surface area contributed by atoms with Crippen molar-refractivity contribution in [1.29, 1.82) is 0 Å². The quantitative estimate of drug-likeness (QED) is 0.624. The highest BCUT2D eigenvalue weighted by molar-refractivity contribution is 8.15. The second-order valence-electron chi connectivity index (χ2n) is 7.99. The molecule has 2 aliphatic rings. The van der Waals surface area contributed by atoms with Gasteiger partial charge in [-0.1, -0.05) is 54.4 Å². The van der Waals surface area contributed by atoms with Gasteiger partial charge in [0.25, 0.3) is 0 Å². The van der Waals surface area contributed by atoms with Crippen LogP contribution in [0.1, 0.15) is 36.5 Å². The van der Waals surface area contributed by atoms with Crippen LogP contribution in [0.4, 0.5) is 10.5 Å². The third-order valence-electron chi connectivity index (χ3n) is 5.80. The zero-order valence-electron chi connectivity index (χ0n) is 18.1. The maximum Gasteiger partial charge on any atom is 0.321 e. The molecule has 2 aromatic rings. The molecule has 7 heteroatoms. The maximum absolute atomic E-state index is 12.8. The number of carbonyl (C=O) groups is 1. The molecule has 0 unspecified atom stereocenters. The molecule has 1 N–H and O–H groups in total. The van der Waals surface area contributed by atoms with Crippen LogP contribution >= 0.6 is 23.4 Å². The standard InChI is InChI=1S/C24H27ClN4OS/c1-4-31-22-21(18-10-8-16(2)9-11-18)27-24(28-22)12-14-29(15-13-24)23(30)26-20-7-5-6-19(25)17(20)3/h5-11H,4,12-15H2,1-3H3,(H,26,30). The van der Waals surface area contributed by atoms with Crippen molar-refractivity contribution in [3.63, 3.8) is 0 Å². The third kappa shape index (κ3) is 4.65. The van der Waals surface area contributed by atoms with Gasteiger partial charge in [0.05, 0.1) is 5.71 Å². The summed E-state index contributed by atoms with van der Waals surface area (Å²) in [5.41, 5.74) is 4.49. The molecule has 0 saturated carbocycles. The van der Waals surface area contributed by atoms with Crippen LogP contribution in [-0.4, -0.2) is 46.2 Å². The Balaban J connectivity index is 1.48. The van der Waals surface area contributed by atoms with E-state index < -0.39 is 5.66 Å². The van der Waals surface area contributed by atoms with Crippen molar-refractivity contribution < 1.29 is 4.79 Å². The topological polar surface area (TPSA) is 57.1 Å². The Hall–Kier alpha value is -2.31. The minimum absolute atomic E-state index is 0.104. The van der Waals surface area contributed by atoms with E-state index in [2.05, 4.69) is 43.4 Å². The van der Waals surface area contributed by atoms with Gasteiger partial charge in [0.1, 0.15) is 5.04 Å². The van der Waals surface area contributed by atoms with Crippen LogP contribution in [0.2, 0.25) is 5.02 Å². The number of amides is 2. The fourth-order valence-corrected chi connectivity index (χ4v) is 4.87. The lowest BCUT2D eigenvalue weighted by atomic mass is 9.98. The summed E-state index contributed by atoms with van der Waals surface area (Å²) < 4.78 is 0. The second-order valence-corrected chi connectivity index (χ2v) is 9.65.